The molecule has 0 saturated heterocycles. The van der Waals surface area contributed by atoms with Gasteiger partial charge < -0.3 is 15.3 Å². The van der Waals surface area contributed by atoms with Gasteiger partial charge in [0.15, 0.2) is 0 Å². The lowest BCUT2D eigenvalue weighted by molar-refractivity contribution is -0.153. The number of carbonyl (C=O) groups excluding carboxylic acids is 1. The zero-order valence-corrected chi connectivity index (χ0v) is 11.4. The molecule has 0 aliphatic rings. The van der Waals surface area contributed by atoms with Crippen molar-refractivity contribution in [3.8, 4) is 0 Å². The van der Waals surface area contributed by atoms with Crippen LogP contribution in [0.1, 0.15) is 34.1 Å². The highest BCUT2D eigenvalue weighted by molar-refractivity contribution is 6.00. The number of nitrogens with one attached hydrogen (secondary N) is 1. The van der Waals surface area contributed by atoms with Gasteiger partial charge in [0, 0.05) is 19.1 Å². The standard InChI is InChI=1S/C12H24N2O3/c1-6-9(2)14(5)8-7-13-10(15)12(3,4)11(16)17/h9H,6-8H2,1-5H3,(H,13,15)(H,16,17). The Morgan fingerprint density at radius 3 is 2.35 bits per heavy atom. The maximum absolute atomic E-state index is 11.6. The third-order valence-electron chi connectivity index (χ3n) is 3.20. The molecule has 0 heterocycles. The zero-order chi connectivity index (χ0) is 13.6. The number of amides is 1. The quantitative estimate of drug-likeness (QED) is 0.654. The average molecular weight is 244 g/mol. The normalized spacial score (nSPS) is 13.5. The van der Waals surface area contributed by atoms with Crippen molar-refractivity contribution in [1.29, 1.82) is 0 Å². The average Bonchev–Trinajstić information content (AvgIpc) is 2.27. The van der Waals surface area contributed by atoms with Crippen LogP contribution in [0.4, 0.5) is 0 Å². The first-order valence-electron chi connectivity index (χ1n) is 5.95. The molecule has 0 aromatic carbocycles. The number of carbonyl (C=O) groups is 2. The topological polar surface area (TPSA) is 69.6 Å². The Morgan fingerprint density at radius 2 is 1.94 bits per heavy atom. The fourth-order valence-electron chi connectivity index (χ4n) is 1.20. The van der Waals surface area contributed by atoms with Crippen molar-refractivity contribution in [2.75, 3.05) is 20.1 Å². The summed E-state index contributed by atoms with van der Waals surface area (Å²) in [6, 6.07) is 0.458. The highest BCUT2D eigenvalue weighted by atomic mass is 16.4. The summed E-state index contributed by atoms with van der Waals surface area (Å²) < 4.78 is 0. The van der Waals surface area contributed by atoms with Crippen molar-refractivity contribution >= 4 is 11.9 Å². The van der Waals surface area contributed by atoms with E-state index in [2.05, 4.69) is 24.1 Å². The lowest BCUT2D eigenvalue weighted by Crippen LogP contribution is -2.45. The van der Waals surface area contributed by atoms with Gasteiger partial charge in [-0.25, -0.2) is 0 Å². The number of rotatable bonds is 7. The van der Waals surface area contributed by atoms with Crippen LogP contribution in [0.3, 0.4) is 0 Å². The molecule has 0 saturated carbocycles. The number of carboxylic acid groups (broad SMARTS) is 1. The zero-order valence-electron chi connectivity index (χ0n) is 11.4. The van der Waals surface area contributed by atoms with Crippen LogP contribution in [0.5, 0.6) is 0 Å². The molecule has 2 N–H and O–H groups in total. The fraction of sp³-hybridized carbons (Fsp3) is 0.833. The van der Waals surface area contributed by atoms with Crippen molar-refractivity contribution in [1.82, 2.24) is 10.2 Å². The Morgan fingerprint density at radius 1 is 1.41 bits per heavy atom. The summed E-state index contributed by atoms with van der Waals surface area (Å²) in [6.07, 6.45) is 1.05. The first kappa shape index (κ1) is 15.9. The van der Waals surface area contributed by atoms with Crippen LogP contribution < -0.4 is 5.32 Å². The lowest BCUT2D eigenvalue weighted by atomic mass is 9.93. The molecular weight excluding hydrogens is 220 g/mol. The summed E-state index contributed by atoms with van der Waals surface area (Å²) in [5.41, 5.74) is -1.37. The molecular formula is C12H24N2O3. The second-order valence-corrected chi connectivity index (χ2v) is 4.92. The maximum Gasteiger partial charge on any atom is 0.318 e. The first-order valence-corrected chi connectivity index (χ1v) is 5.95. The van der Waals surface area contributed by atoms with Crippen LogP contribution in [-0.2, 0) is 9.59 Å². The lowest BCUT2D eigenvalue weighted by Gasteiger charge is -2.24. The highest BCUT2D eigenvalue weighted by Gasteiger charge is 2.35. The van der Waals surface area contributed by atoms with Gasteiger partial charge in [0.25, 0.3) is 0 Å². The van der Waals surface area contributed by atoms with E-state index in [9.17, 15) is 9.59 Å². The summed E-state index contributed by atoms with van der Waals surface area (Å²) in [4.78, 5) is 24.6. The van der Waals surface area contributed by atoms with Crippen LogP contribution in [0.25, 0.3) is 0 Å². The molecule has 0 bridgehead atoms. The molecule has 0 radical (unpaired) electrons. The summed E-state index contributed by atoms with van der Waals surface area (Å²) in [5, 5.41) is 11.5. The highest BCUT2D eigenvalue weighted by Crippen LogP contribution is 2.14. The summed E-state index contributed by atoms with van der Waals surface area (Å²) >= 11 is 0. The SMILES string of the molecule is CCC(C)N(C)CCNC(=O)C(C)(C)C(=O)O. The molecule has 5 nitrogen and oxygen atoms in total. The number of nitrogens with zero attached hydrogens (tertiary/aromatic N) is 1. The van der Waals surface area contributed by atoms with Gasteiger partial charge in [-0.3, -0.25) is 9.59 Å². The van der Waals surface area contributed by atoms with E-state index in [4.69, 9.17) is 5.11 Å². The number of likely N-dealkylation sites (N-methyl/N-ethyl adjacent to an activating group) is 1. The van der Waals surface area contributed by atoms with E-state index in [-0.39, 0.29) is 0 Å². The predicted molar refractivity (Wildman–Crippen MR) is 66.8 cm³/mol. The molecule has 1 atom stereocenters. The Bertz CT molecular complexity index is 277. The van der Waals surface area contributed by atoms with Crippen LogP contribution >= 0.6 is 0 Å². The van der Waals surface area contributed by atoms with Gasteiger partial charge in [-0.1, -0.05) is 6.92 Å². The maximum atomic E-state index is 11.6. The van der Waals surface area contributed by atoms with Crippen LogP contribution in [0.2, 0.25) is 0 Å². The minimum absolute atomic E-state index is 0.442. The molecule has 0 aromatic heterocycles. The molecule has 0 fully saturated rings. The summed E-state index contributed by atoms with van der Waals surface area (Å²) in [6.45, 7) is 8.22. The second kappa shape index (κ2) is 6.59. The van der Waals surface area contributed by atoms with E-state index in [1.54, 1.807) is 0 Å². The van der Waals surface area contributed by atoms with E-state index in [0.717, 1.165) is 13.0 Å². The van der Waals surface area contributed by atoms with Crippen molar-refractivity contribution in [2.45, 2.75) is 40.2 Å². The number of hydrogen-bond donors (Lipinski definition) is 2. The Hall–Kier alpha value is -1.10. The van der Waals surface area contributed by atoms with E-state index >= 15 is 0 Å². The van der Waals surface area contributed by atoms with Crippen LogP contribution in [-0.4, -0.2) is 48.1 Å². The molecule has 0 spiro atoms. The van der Waals surface area contributed by atoms with E-state index in [1.165, 1.54) is 13.8 Å². The number of carboxylic acids is 1. The fourth-order valence-corrected chi connectivity index (χ4v) is 1.20. The molecule has 100 valence electrons. The van der Waals surface area contributed by atoms with E-state index < -0.39 is 17.3 Å². The third-order valence-corrected chi connectivity index (χ3v) is 3.20. The Kier molecular flexibility index (Phi) is 6.16. The molecule has 1 amide bonds. The van der Waals surface area contributed by atoms with Gasteiger partial charge in [-0.2, -0.15) is 0 Å². The third kappa shape index (κ3) is 4.73. The van der Waals surface area contributed by atoms with Gasteiger partial charge in [0.05, 0.1) is 0 Å². The van der Waals surface area contributed by atoms with Crippen molar-refractivity contribution < 1.29 is 14.7 Å². The Balaban J connectivity index is 4.06. The monoisotopic (exact) mass is 244 g/mol. The summed E-state index contributed by atoms with van der Waals surface area (Å²) in [7, 11) is 1.99. The smallest absolute Gasteiger partial charge is 0.318 e. The van der Waals surface area contributed by atoms with Gasteiger partial charge >= 0.3 is 5.97 Å². The van der Waals surface area contributed by atoms with Gasteiger partial charge in [0.1, 0.15) is 5.41 Å². The van der Waals surface area contributed by atoms with Crippen molar-refractivity contribution in [3.63, 3.8) is 0 Å². The van der Waals surface area contributed by atoms with E-state index in [0.29, 0.717) is 12.6 Å². The van der Waals surface area contributed by atoms with Gasteiger partial charge in [0.2, 0.25) is 5.91 Å². The molecule has 5 heteroatoms. The molecule has 0 rings (SSSR count). The molecule has 1 unspecified atom stereocenters. The minimum atomic E-state index is -1.37. The Labute approximate surface area is 103 Å². The minimum Gasteiger partial charge on any atom is -0.480 e. The molecule has 17 heavy (non-hydrogen) atoms. The second-order valence-electron chi connectivity index (χ2n) is 4.92. The van der Waals surface area contributed by atoms with Crippen molar-refractivity contribution in [3.05, 3.63) is 0 Å². The van der Waals surface area contributed by atoms with E-state index in [1.807, 2.05) is 7.05 Å². The van der Waals surface area contributed by atoms with Crippen LogP contribution in [0, 0.1) is 5.41 Å². The van der Waals surface area contributed by atoms with Gasteiger partial charge in [-0.05, 0) is 34.2 Å². The summed E-state index contributed by atoms with van der Waals surface area (Å²) in [5.74, 6) is -1.55. The first-order chi connectivity index (χ1) is 7.73. The number of aliphatic carboxylic acids is 1. The van der Waals surface area contributed by atoms with Gasteiger partial charge in [-0.15, -0.1) is 0 Å². The molecule has 0 aliphatic carbocycles. The number of hydrogen-bond acceptors (Lipinski definition) is 3. The largest absolute Gasteiger partial charge is 0.480 e. The van der Waals surface area contributed by atoms with Crippen LogP contribution in [0.15, 0.2) is 0 Å². The molecule has 0 aromatic rings. The molecule has 0 aliphatic heterocycles. The predicted octanol–water partition coefficient (Wildman–Crippen LogP) is 0.944. The van der Waals surface area contributed by atoms with Crippen molar-refractivity contribution in [2.24, 2.45) is 5.41 Å².